The maximum Gasteiger partial charge on any atom is 0.239 e. The molecule has 1 rings (SSSR count). The van der Waals surface area contributed by atoms with Crippen LogP contribution in [0.25, 0.3) is 0 Å². The lowest BCUT2D eigenvalue weighted by atomic mass is 9.87. The van der Waals surface area contributed by atoms with Gasteiger partial charge < -0.3 is 15.5 Å². The van der Waals surface area contributed by atoms with E-state index < -0.39 is 0 Å². The van der Waals surface area contributed by atoms with Gasteiger partial charge in [-0.2, -0.15) is 0 Å². The van der Waals surface area contributed by atoms with Crippen LogP contribution in [0.2, 0.25) is 0 Å². The molecule has 0 radical (unpaired) electrons. The molecule has 1 fully saturated rings. The summed E-state index contributed by atoms with van der Waals surface area (Å²) in [6.45, 7) is 12.9. The number of nitrogens with one attached hydrogen (secondary N) is 2. The number of halogens is 1. The Balaban J connectivity index is 0.00000484. The Kier molecular flexibility index (Phi) is 10.1. The summed E-state index contributed by atoms with van der Waals surface area (Å²) in [5.41, 5.74) is -0.198. The van der Waals surface area contributed by atoms with E-state index in [1.807, 2.05) is 20.8 Å². The van der Waals surface area contributed by atoms with E-state index in [9.17, 15) is 4.79 Å². The van der Waals surface area contributed by atoms with Crippen LogP contribution >= 0.6 is 24.0 Å². The van der Waals surface area contributed by atoms with Crippen LogP contribution in [0.3, 0.4) is 0 Å². The van der Waals surface area contributed by atoms with E-state index in [0.29, 0.717) is 0 Å². The van der Waals surface area contributed by atoms with Crippen molar-refractivity contribution in [2.45, 2.75) is 59.4 Å². The Morgan fingerprint density at radius 2 is 1.91 bits per heavy atom. The molecule has 23 heavy (non-hydrogen) atoms. The highest BCUT2D eigenvalue weighted by Gasteiger charge is 2.29. The van der Waals surface area contributed by atoms with Crippen LogP contribution in [-0.2, 0) is 4.79 Å². The Hall–Kier alpha value is -0.530. The second-order valence-electron chi connectivity index (χ2n) is 7.27. The molecule has 1 amide bonds. The van der Waals surface area contributed by atoms with E-state index in [4.69, 9.17) is 0 Å². The van der Waals surface area contributed by atoms with Gasteiger partial charge in [0.1, 0.15) is 0 Å². The van der Waals surface area contributed by atoms with E-state index in [1.54, 1.807) is 7.05 Å². The lowest BCUT2D eigenvalue weighted by molar-refractivity contribution is -0.121. The summed E-state index contributed by atoms with van der Waals surface area (Å²) in [5, 5.41) is 6.15. The average molecular weight is 438 g/mol. The molecule has 0 aromatic rings. The number of nitrogens with zero attached hydrogens (tertiary/aromatic N) is 2. The van der Waals surface area contributed by atoms with E-state index >= 15 is 0 Å². The maximum absolute atomic E-state index is 11.9. The van der Waals surface area contributed by atoms with Crippen LogP contribution in [0.4, 0.5) is 0 Å². The lowest BCUT2D eigenvalue weighted by Crippen LogP contribution is -2.48. The van der Waals surface area contributed by atoms with E-state index in [0.717, 1.165) is 30.9 Å². The van der Waals surface area contributed by atoms with Gasteiger partial charge in [-0.15, -0.1) is 24.0 Å². The zero-order chi connectivity index (χ0) is 16.8. The number of aliphatic imine (C=N–C) groups is 1. The van der Waals surface area contributed by atoms with E-state index in [1.165, 1.54) is 19.3 Å². The molecule has 0 aliphatic carbocycles. The number of carbonyl (C=O) groups is 1. The van der Waals surface area contributed by atoms with Crippen molar-refractivity contribution in [3.63, 3.8) is 0 Å². The molecular formula is C17H35IN4O. The zero-order valence-electron chi connectivity index (χ0n) is 15.6. The number of likely N-dealkylation sites (tertiary alicyclic amines) is 1. The van der Waals surface area contributed by atoms with Crippen LogP contribution in [0.1, 0.15) is 53.9 Å². The first kappa shape index (κ1) is 22.5. The molecule has 1 heterocycles. The van der Waals surface area contributed by atoms with Crippen LogP contribution in [0.5, 0.6) is 0 Å². The molecule has 1 aliphatic rings. The second-order valence-corrected chi connectivity index (χ2v) is 7.27. The largest absolute Gasteiger partial charge is 0.350 e. The van der Waals surface area contributed by atoms with E-state index in [-0.39, 0.29) is 42.0 Å². The highest BCUT2D eigenvalue weighted by atomic mass is 127. The summed E-state index contributed by atoms with van der Waals surface area (Å²) in [6.07, 6.45) is 3.71. The molecule has 1 saturated heterocycles. The van der Waals surface area contributed by atoms with Gasteiger partial charge in [0.2, 0.25) is 5.91 Å². The molecular weight excluding hydrogens is 403 g/mol. The van der Waals surface area contributed by atoms with Gasteiger partial charge in [-0.25, -0.2) is 0 Å². The first-order valence-corrected chi connectivity index (χ1v) is 8.57. The fourth-order valence-corrected chi connectivity index (χ4v) is 3.27. The summed E-state index contributed by atoms with van der Waals surface area (Å²) < 4.78 is 0. The van der Waals surface area contributed by atoms with Crippen LogP contribution in [0.15, 0.2) is 4.99 Å². The van der Waals surface area contributed by atoms with Gasteiger partial charge >= 0.3 is 0 Å². The van der Waals surface area contributed by atoms with Crippen LogP contribution in [0, 0.1) is 11.8 Å². The third kappa shape index (κ3) is 7.72. The summed E-state index contributed by atoms with van der Waals surface area (Å²) in [7, 11) is 1.79. The van der Waals surface area contributed by atoms with Gasteiger partial charge in [0.15, 0.2) is 5.96 Å². The molecule has 0 bridgehead atoms. The summed E-state index contributed by atoms with van der Waals surface area (Å²) in [5.74, 6) is 2.39. The van der Waals surface area contributed by atoms with Crippen molar-refractivity contribution < 1.29 is 4.79 Å². The molecule has 1 atom stereocenters. The van der Waals surface area contributed by atoms with Crippen molar-refractivity contribution in [1.29, 1.82) is 0 Å². The number of hydrogen-bond acceptors (Lipinski definition) is 2. The maximum atomic E-state index is 11.9. The standard InChI is InChI=1S/C17H34N4O.HI/c1-7-13(8-2)14-9-10-21(12-14)16(18-6)19-11-15(22)20-17(3,4)5;/h13-14H,7-12H2,1-6H3,(H,18,19)(H,20,22);1H. The number of hydrogen-bond donors (Lipinski definition) is 2. The first-order chi connectivity index (χ1) is 10.3. The summed E-state index contributed by atoms with van der Waals surface area (Å²) in [6, 6.07) is 0. The Bertz CT molecular complexity index is 389. The third-order valence-corrected chi connectivity index (χ3v) is 4.37. The molecule has 5 nitrogen and oxygen atoms in total. The normalized spacial score (nSPS) is 18.8. The zero-order valence-corrected chi connectivity index (χ0v) is 17.9. The Morgan fingerprint density at radius 3 is 2.39 bits per heavy atom. The third-order valence-electron chi connectivity index (χ3n) is 4.37. The highest BCUT2D eigenvalue weighted by Crippen LogP contribution is 2.28. The highest BCUT2D eigenvalue weighted by molar-refractivity contribution is 14.0. The van der Waals surface area contributed by atoms with Crippen LogP contribution < -0.4 is 10.6 Å². The molecule has 0 aromatic carbocycles. The molecule has 6 heteroatoms. The Labute approximate surface area is 159 Å². The van der Waals surface area contributed by atoms with Crippen molar-refractivity contribution in [3.8, 4) is 0 Å². The molecule has 2 N–H and O–H groups in total. The lowest BCUT2D eigenvalue weighted by Gasteiger charge is -2.25. The Morgan fingerprint density at radius 1 is 1.30 bits per heavy atom. The van der Waals surface area contributed by atoms with Gasteiger partial charge in [-0.05, 0) is 39.0 Å². The number of carbonyl (C=O) groups excluding carboxylic acids is 1. The second kappa shape index (κ2) is 10.4. The van der Waals surface area contributed by atoms with Crippen molar-refractivity contribution in [3.05, 3.63) is 0 Å². The molecule has 0 saturated carbocycles. The van der Waals surface area contributed by atoms with Crippen molar-refractivity contribution >= 4 is 35.8 Å². The minimum Gasteiger partial charge on any atom is -0.350 e. The topological polar surface area (TPSA) is 56.7 Å². The van der Waals surface area contributed by atoms with Crippen molar-refractivity contribution in [2.75, 3.05) is 26.7 Å². The predicted octanol–water partition coefficient (Wildman–Crippen LogP) is 2.85. The molecule has 0 aromatic heterocycles. The van der Waals surface area contributed by atoms with Crippen molar-refractivity contribution in [1.82, 2.24) is 15.5 Å². The predicted molar refractivity (Wildman–Crippen MR) is 108 cm³/mol. The van der Waals surface area contributed by atoms with Gasteiger partial charge in [-0.1, -0.05) is 26.7 Å². The smallest absolute Gasteiger partial charge is 0.239 e. The molecule has 136 valence electrons. The monoisotopic (exact) mass is 438 g/mol. The molecule has 1 aliphatic heterocycles. The fourth-order valence-electron chi connectivity index (χ4n) is 3.27. The number of amides is 1. The SMILES string of the molecule is CCC(CC)C1CCN(C(=NC)NCC(=O)NC(C)(C)C)C1.I. The summed E-state index contributed by atoms with van der Waals surface area (Å²) >= 11 is 0. The van der Waals surface area contributed by atoms with E-state index in [2.05, 4.69) is 34.4 Å². The van der Waals surface area contributed by atoms with Gasteiger partial charge in [-0.3, -0.25) is 9.79 Å². The minimum atomic E-state index is -0.198. The molecule has 1 unspecified atom stereocenters. The van der Waals surface area contributed by atoms with Crippen LogP contribution in [-0.4, -0.2) is 49.0 Å². The van der Waals surface area contributed by atoms with Gasteiger partial charge in [0.05, 0.1) is 6.54 Å². The first-order valence-electron chi connectivity index (χ1n) is 8.57. The van der Waals surface area contributed by atoms with Gasteiger partial charge in [0.25, 0.3) is 0 Å². The van der Waals surface area contributed by atoms with Gasteiger partial charge in [0, 0.05) is 25.7 Å². The average Bonchev–Trinajstić information content (AvgIpc) is 2.88. The number of guanidine groups is 1. The fraction of sp³-hybridized carbons (Fsp3) is 0.882. The number of rotatable bonds is 5. The molecule has 0 spiro atoms. The summed E-state index contributed by atoms with van der Waals surface area (Å²) in [4.78, 5) is 18.5. The quantitative estimate of drug-likeness (QED) is 0.394. The van der Waals surface area contributed by atoms with Crippen molar-refractivity contribution in [2.24, 2.45) is 16.8 Å². The minimum absolute atomic E-state index is 0.